The highest BCUT2D eigenvalue weighted by Crippen LogP contribution is 2.20. The van der Waals surface area contributed by atoms with Crippen LogP contribution in [0, 0.1) is 9.39 Å². The van der Waals surface area contributed by atoms with E-state index in [9.17, 15) is 4.39 Å². The van der Waals surface area contributed by atoms with Crippen LogP contribution < -0.4 is 5.32 Å². The normalized spacial score (nSPS) is 10.0. The molecule has 0 aliphatic heterocycles. The molecule has 2 rings (SSSR count). The number of benzene rings is 1. The number of halogens is 2. The number of para-hydroxylation sites is 1. The Morgan fingerprint density at radius 2 is 2.07 bits per heavy atom. The van der Waals surface area contributed by atoms with Gasteiger partial charge in [-0.2, -0.15) is 0 Å². The fourth-order valence-electron chi connectivity index (χ4n) is 1.09. The zero-order valence-electron chi connectivity index (χ0n) is 7.61. The lowest BCUT2D eigenvalue weighted by Crippen LogP contribution is -1.98. The SMILES string of the molecule is Fc1ccccc1Nc1ncncc1I. The van der Waals surface area contributed by atoms with Gasteiger partial charge >= 0.3 is 0 Å². The summed E-state index contributed by atoms with van der Waals surface area (Å²) in [7, 11) is 0. The Morgan fingerprint density at radius 3 is 2.80 bits per heavy atom. The second kappa shape index (κ2) is 4.52. The molecule has 0 saturated heterocycles. The topological polar surface area (TPSA) is 37.8 Å². The van der Waals surface area contributed by atoms with Crippen molar-refractivity contribution in [1.82, 2.24) is 9.97 Å². The quantitative estimate of drug-likeness (QED) is 0.866. The van der Waals surface area contributed by atoms with Crippen molar-refractivity contribution in [3.63, 3.8) is 0 Å². The average Bonchev–Trinajstić information content (AvgIpc) is 2.24. The molecule has 0 fully saturated rings. The van der Waals surface area contributed by atoms with Crippen LogP contribution in [-0.2, 0) is 0 Å². The first-order valence-corrected chi connectivity index (χ1v) is 5.32. The average molecular weight is 315 g/mol. The van der Waals surface area contributed by atoms with E-state index in [1.807, 2.05) is 0 Å². The van der Waals surface area contributed by atoms with Gasteiger partial charge in [0.2, 0.25) is 0 Å². The molecule has 1 N–H and O–H groups in total. The zero-order chi connectivity index (χ0) is 10.7. The smallest absolute Gasteiger partial charge is 0.147 e. The second-order valence-electron chi connectivity index (χ2n) is 2.82. The minimum Gasteiger partial charge on any atom is -0.337 e. The third kappa shape index (κ3) is 2.41. The highest BCUT2D eigenvalue weighted by atomic mass is 127. The molecular weight excluding hydrogens is 308 g/mol. The van der Waals surface area contributed by atoms with Crippen molar-refractivity contribution in [3.05, 3.63) is 46.2 Å². The third-order valence-corrected chi connectivity index (χ3v) is 2.58. The zero-order valence-corrected chi connectivity index (χ0v) is 9.77. The number of hydrogen-bond donors (Lipinski definition) is 1. The lowest BCUT2D eigenvalue weighted by Gasteiger charge is -2.07. The second-order valence-corrected chi connectivity index (χ2v) is 3.99. The van der Waals surface area contributed by atoms with Gasteiger partial charge in [-0.25, -0.2) is 14.4 Å². The van der Waals surface area contributed by atoms with Gasteiger partial charge in [0.1, 0.15) is 18.0 Å². The molecule has 0 unspecified atom stereocenters. The number of hydrogen-bond acceptors (Lipinski definition) is 3. The van der Waals surface area contributed by atoms with Crippen LogP contribution in [0.3, 0.4) is 0 Å². The van der Waals surface area contributed by atoms with Gasteiger partial charge in [0, 0.05) is 6.20 Å². The van der Waals surface area contributed by atoms with Crippen LogP contribution in [-0.4, -0.2) is 9.97 Å². The predicted molar refractivity (Wildman–Crippen MR) is 64.4 cm³/mol. The first kappa shape index (κ1) is 10.3. The highest BCUT2D eigenvalue weighted by Gasteiger charge is 2.04. The van der Waals surface area contributed by atoms with E-state index in [0.717, 1.165) is 3.57 Å². The molecule has 2 aromatic rings. The summed E-state index contributed by atoms with van der Waals surface area (Å²) in [4.78, 5) is 7.87. The standard InChI is InChI=1S/C10H7FIN3/c11-7-3-1-2-4-9(7)15-10-8(12)5-13-6-14-10/h1-6H,(H,13,14,15). The minimum atomic E-state index is -0.299. The summed E-state index contributed by atoms with van der Waals surface area (Å²) in [5.41, 5.74) is 0.411. The molecule has 0 saturated carbocycles. The third-order valence-electron chi connectivity index (χ3n) is 1.79. The first-order valence-electron chi connectivity index (χ1n) is 4.24. The fourth-order valence-corrected chi connectivity index (χ4v) is 1.53. The van der Waals surface area contributed by atoms with Crippen molar-refractivity contribution in [3.8, 4) is 0 Å². The van der Waals surface area contributed by atoms with Crippen LogP contribution in [0.4, 0.5) is 15.9 Å². The van der Waals surface area contributed by atoms with Crippen molar-refractivity contribution in [2.75, 3.05) is 5.32 Å². The summed E-state index contributed by atoms with van der Waals surface area (Å²) < 4.78 is 14.1. The van der Waals surface area contributed by atoms with Gasteiger partial charge in [-0.15, -0.1) is 0 Å². The Bertz CT molecular complexity index is 432. The van der Waals surface area contributed by atoms with Crippen molar-refractivity contribution in [1.29, 1.82) is 0 Å². The Hall–Kier alpha value is -1.24. The minimum absolute atomic E-state index is 0.299. The molecule has 15 heavy (non-hydrogen) atoms. The lowest BCUT2D eigenvalue weighted by molar-refractivity contribution is 0.632. The van der Waals surface area contributed by atoms with Gasteiger partial charge in [0.15, 0.2) is 0 Å². The largest absolute Gasteiger partial charge is 0.337 e. The Morgan fingerprint density at radius 1 is 1.27 bits per heavy atom. The monoisotopic (exact) mass is 315 g/mol. The molecule has 1 aromatic heterocycles. The van der Waals surface area contributed by atoms with Crippen molar-refractivity contribution in [2.24, 2.45) is 0 Å². The van der Waals surface area contributed by atoms with E-state index in [4.69, 9.17) is 0 Å². The van der Waals surface area contributed by atoms with Crippen LogP contribution in [0.15, 0.2) is 36.8 Å². The molecule has 0 aliphatic carbocycles. The van der Waals surface area contributed by atoms with E-state index in [-0.39, 0.29) is 5.82 Å². The summed E-state index contributed by atoms with van der Waals surface area (Å²) in [5, 5.41) is 2.91. The molecule has 0 amide bonds. The van der Waals surface area contributed by atoms with Crippen LogP contribution in [0.1, 0.15) is 0 Å². The highest BCUT2D eigenvalue weighted by molar-refractivity contribution is 14.1. The van der Waals surface area contributed by atoms with Crippen molar-refractivity contribution >= 4 is 34.1 Å². The van der Waals surface area contributed by atoms with Crippen LogP contribution in [0.5, 0.6) is 0 Å². The molecule has 1 aromatic carbocycles. The number of nitrogens with zero attached hydrogens (tertiary/aromatic N) is 2. The molecule has 0 radical (unpaired) electrons. The van der Waals surface area contributed by atoms with Crippen LogP contribution in [0.2, 0.25) is 0 Å². The number of nitrogens with one attached hydrogen (secondary N) is 1. The Balaban J connectivity index is 2.30. The number of anilines is 2. The molecule has 5 heteroatoms. The Kier molecular flexibility index (Phi) is 3.10. The molecule has 0 aliphatic rings. The maximum atomic E-state index is 13.3. The predicted octanol–water partition coefficient (Wildman–Crippen LogP) is 2.96. The van der Waals surface area contributed by atoms with Crippen molar-refractivity contribution in [2.45, 2.75) is 0 Å². The Labute approximate surface area is 99.9 Å². The molecule has 0 spiro atoms. The molecule has 1 heterocycles. The van der Waals surface area contributed by atoms with E-state index >= 15 is 0 Å². The molecule has 76 valence electrons. The maximum Gasteiger partial charge on any atom is 0.147 e. The van der Waals surface area contributed by atoms with Crippen molar-refractivity contribution < 1.29 is 4.39 Å². The maximum absolute atomic E-state index is 13.3. The summed E-state index contributed by atoms with van der Waals surface area (Å²) in [6, 6.07) is 6.47. The lowest BCUT2D eigenvalue weighted by atomic mass is 10.3. The summed E-state index contributed by atoms with van der Waals surface area (Å²) >= 11 is 2.09. The van der Waals surface area contributed by atoms with Crippen LogP contribution in [0.25, 0.3) is 0 Å². The fraction of sp³-hybridized carbons (Fsp3) is 0. The summed E-state index contributed by atoms with van der Waals surface area (Å²) in [5.74, 6) is 0.308. The van der Waals surface area contributed by atoms with Gasteiger partial charge in [0.25, 0.3) is 0 Å². The van der Waals surface area contributed by atoms with E-state index in [1.54, 1.807) is 24.4 Å². The molecule has 0 bridgehead atoms. The van der Waals surface area contributed by atoms with E-state index in [2.05, 4.69) is 37.9 Å². The summed E-state index contributed by atoms with van der Waals surface area (Å²) in [6.07, 6.45) is 3.09. The van der Waals surface area contributed by atoms with Gasteiger partial charge in [0.05, 0.1) is 9.26 Å². The van der Waals surface area contributed by atoms with Gasteiger partial charge in [-0.3, -0.25) is 0 Å². The molecule has 0 atom stereocenters. The van der Waals surface area contributed by atoms with Gasteiger partial charge in [-0.05, 0) is 34.7 Å². The first-order chi connectivity index (χ1) is 7.27. The molecular formula is C10H7FIN3. The van der Waals surface area contributed by atoms with E-state index < -0.39 is 0 Å². The number of aromatic nitrogens is 2. The summed E-state index contributed by atoms with van der Waals surface area (Å²) in [6.45, 7) is 0. The van der Waals surface area contributed by atoms with Gasteiger partial charge < -0.3 is 5.32 Å². The van der Waals surface area contributed by atoms with Crippen LogP contribution >= 0.6 is 22.6 Å². The number of rotatable bonds is 2. The van der Waals surface area contributed by atoms with Gasteiger partial charge in [-0.1, -0.05) is 12.1 Å². The van der Waals surface area contributed by atoms with E-state index in [0.29, 0.717) is 11.5 Å². The van der Waals surface area contributed by atoms with E-state index in [1.165, 1.54) is 12.4 Å². The molecule has 3 nitrogen and oxygen atoms in total.